The SMILES string of the molecule is CC1CCN(C(=O)[C@@H]2CCC[C@@H]2CN)C(CN)C1. The van der Waals surface area contributed by atoms with Gasteiger partial charge in [0.25, 0.3) is 0 Å². The van der Waals surface area contributed by atoms with E-state index >= 15 is 0 Å². The maximum absolute atomic E-state index is 12.7. The van der Waals surface area contributed by atoms with Crippen LogP contribution in [0.15, 0.2) is 0 Å². The number of amides is 1. The summed E-state index contributed by atoms with van der Waals surface area (Å²) < 4.78 is 0. The van der Waals surface area contributed by atoms with E-state index in [1.165, 1.54) is 0 Å². The maximum atomic E-state index is 12.7. The van der Waals surface area contributed by atoms with Gasteiger partial charge in [-0.3, -0.25) is 4.79 Å². The number of likely N-dealkylation sites (tertiary alicyclic amines) is 1. The molecule has 2 rings (SSSR count). The van der Waals surface area contributed by atoms with Crippen molar-refractivity contribution in [1.29, 1.82) is 0 Å². The molecule has 1 heterocycles. The molecule has 1 saturated heterocycles. The number of hydrogen-bond acceptors (Lipinski definition) is 3. The van der Waals surface area contributed by atoms with Crippen LogP contribution in [0.3, 0.4) is 0 Å². The van der Waals surface area contributed by atoms with Gasteiger partial charge < -0.3 is 16.4 Å². The summed E-state index contributed by atoms with van der Waals surface area (Å²) in [4.78, 5) is 14.7. The van der Waals surface area contributed by atoms with Crippen LogP contribution in [0.4, 0.5) is 0 Å². The van der Waals surface area contributed by atoms with Crippen LogP contribution in [0.2, 0.25) is 0 Å². The maximum Gasteiger partial charge on any atom is 0.226 e. The Bertz CT molecular complexity index is 295. The van der Waals surface area contributed by atoms with Gasteiger partial charge in [-0.1, -0.05) is 13.3 Å². The largest absolute Gasteiger partial charge is 0.338 e. The molecule has 1 amide bonds. The normalized spacial score (nSPS) is 36.9. The quantitative estimate of drug-likeness (QED) is 0.786. The van der Waals surface area contributed by atoms with Crippen LogP contribution in [-0.2, 0) is 4.79 Å². The predicted molar refractivity (Wildman–Crippen MR) is 72.8 cm³/mol. The molecule has 2 unspecified atom stereocenters. The molecule has 0 radical (unpaired) electrons. The fourth-order valence-corrected chi connectivity index (χ4v) is 3.62. The second kappa shape index (κ2) is 6.02. The van der Waals surface area contributed by atoms with Crippen LogP contribution in [0.25, 0.3) is 0 Å². The summed E-state index contributed by atoms with van der Waals surface area (Å²) >= 11 is 0. The first-order valence-electron chi connectivity index (χ1n) is 7.38. The van der Waals surface area contributed by atoms with Gasteiger partial charge in [0, 0.05) is 25.0 Å². The summed E-state index contributed by atoms with van der Waals surface area (Å²) in [5, 5.41) is 0. The minimum absolute atomic E-state index is 0.164. The third-order valence-electron chi connectivity index (χ3n) is 4.81. The monoisotopic (exact) mass is 253 g/mol. The van der Waals surface area contributed by atoms with Gasteiger partial charge in [0.15, 0.2) is 0 Å². The van der Waals surface area contributed by atoms with E-state index in [1.807, 2.05) is 0 Å². The molecule has 1 aliphatic heterocycles. The van der Waals surface area contributed by atoms with Crippen molar-refractivity contribution in [3.8, 4) is 0 Å². The minimum Gasteiger partial charge on any atom is -0.338 e. The lowest BCUT2D eigenvalue weighted by molar-refractivity contribution is -0.140. The summed E-state index contributed by atoms with van der Waals surface area (Å²) in [6, 6.07) is 0.250. The fraction of sp³-hybridized carbons (Fsp3) is 0.929. The van der Waals surface area contributed by atoms with E-state index in [0.29, 0.717) is 30.8 Å². The Morgan fingerprint density at radius 1 is 1.22 bits per heavy atom. The highest BCUT2D eigenvalue weighted by molar-refractivity contribution is 5.80. The molecule has 18 heavy (non-hydrogen) atoms. The molecule has 1 saturated carbocycles. The number of piperidine rings is 1. The lowest BCUT2D eigenvalue weighted by Gasteiger charge is -2.40. The lowest BCUT2D eigenvalue weighted by Crippen LogP contribution is -2.52. The average Bonchev–Trinajstić information content (AvgIpc) is 2.86. The van der Waals surface area contributed by atoms with E-state index in [-0.39, 0.29) is 12.0 Å². The van der Waals surface area contributed by atoms with Crippen molar-refractivity contribution in [3.05, 3.63) is 0 Å². The standard InChI is InChI=1S/C14H27N3O/c1-10-5-6-17(12(7-10)9-16)14(18)13-4-2-3-11(13)8-15/h10-13H,2-9,15-16H2,1H3/t10?,11-,12?,13-/m1/s1. The summed E-state index contributed by atoms with van der Waals surface area (Å²) in [5.41, 5.74) is 11.6. The van der Waals surface area contributed by atoms with E-state index in [2.05, 4.69) is 11.8 Å². The fourth-order valence-electron chi connectivity index (χ4n) is 3.62. The smallest absolute Gasteiger partial charge is 0.226 e. The number of carbonyl (C=O) groups is 1. The van der Waals surface area contributed by atoms with Crippen LogP contribution in [0.5, 0.6) is 0 Å². The van der Waals surface area contributed by atoms with Crippen molar-refractivity contribution in [3.63, 3.8) is 0 Å². The minimum atomic E-state index is 0.164. The Kier molecular flexibility index (Phi) is 4.62. The zero-order valence-corrected chi connectivity index (χ0v) is 11.5. The topological polar surface area (TPSA) is 72.3 Å². The molecule has 0 bridgehead atoms. The first kappa shape index (κ1) is 13.8. The van der Waals surface area contributed by atoms with Crippen LogP contribution in [-0.4, -0.2) is 36.5 Å². The Balaban J connectivity index is 2.03. The molecular weight excluding hydrogens is 226 g/mol. The van der Waals surface area contributed by atoms with Crippen molar-refractivity contribution >= 4 is 5.91 Å². The molecule has 0 aromatic rings. The van der Waals surface area contributed by atoms with Crippen molar-refractivity contribution in [1.82, 2.24) is 4.90 Å². The molecule has 4 heteroatoms. The van der Waals surface area contributed by atoms with Crippen LogP contribution < -0.4 is 11.5 Å². The number of hydrogen-bond donors (Lipinski definition) is 2. The molecule has 0 aromatic carbocycles. The Labute approximate surface area is 110 Å². The molecule has 104 valence electrons. The predicted octanol–water partition coefficient (Wildman–Crippen LogP) is 0.947. The highest BCUT2D eigenvalue weighted by Crippen LogP contribution is 2.34. The number of nitrogens with two attached hydrogens (primary N) is 2. The lowest BCUT2D eigenvalue weighted by atomic mass is 9.89. The van der Waals surface area contributed by atoms with Crippen LogP contribution in [0.1, 0.15) is 39.0 Å². The Hall–Kier alpha value is -0.610. The Morgan fingerprint density at radius 2 is 2.00 bits per heavy atom. The van der Waals surface area contributed by atoms with Crippen molar-refractivity contribution in [2.24, 2.45) is 29.2 Å². The van der Waals surface area contributed by atoms with Gasteiger partial charge in [-0.05, 0) is 44.1 Å². The van der Waals surface area contributed by atoms with Gasteiger partial charge in [0.1, 0.15) is 0 Å². The van der Waals surface area contributed by atoms with E-state index in [0.717, 1.165) is 38.6 Å². The molecule has 4 N–H and O–H groups in total. The summed E-state index contributed by atoms with van der Waals surface area (Å²) in [6.07, 6.45) is 5.45. The van der Waals surface area contributed by atoms with Gasteiger partial charge in [-0.2, -0.15) is 0 Å². The van der Waals surface area contributed by atoms with Gasteiger partial charge in [0.05, 0.1) is 0 Å². The molecule has 4 atom stereocenters. The first-order valence-corrected chi connectivity index (χ1v) is 7.38. The van der Waals surface area contributed by atoms with Crippen molar-refractivity contribution in [2.45, 2.75) is 45.1 Å². The van der Waals surface area contributed by atoms with Gasteiger partial charge in [-0.25, -0.2) is 0 Å². The molecular formula is C14H27N3O. The van der Waals surface area contributed by atoms with Gasteiger partial charge in [0.2, 0.25) is 5.91 Å². The summed E-state index contributed by atoms with van der Waals surface area (Å²) in [6.45, 7) is 4.38. The number of carbonyl (C=O) groups excluding carboxylic acids is 1. The molecule has 4 nitrogen and oxygen atoms in total. The van der Waals surface area contributed by atoms with E-state index < -0.39 is 0 Å². The number of rotatable bonds is 3. The molecule has 1 aliphatic carbocycles. The van der Waals surface area contributed by atoms with Crippen molar-refractivity contribution in [2.75, 3.05) is 19.6 Å². The average molecular weight is 253 g/mol. The van der Waals surface area contributed by atoms with E-state index in [9.17, 15) is 4.79 Å². The molecule has 0 aromatic heterocycles. The third-order valence-corrected chi connectivity index (χ3v) is 4.81. The third kappa shape index (κ3) is 2.69. The van der Waals surface area contributed by atoms with Gasteiger partial charge >= 0.3 is 0 Å². The molecule has 0 spiro atoms. The summed E-state index contributed by atoms with van der Waals surface area (Å²) in [5.74, 6) is 1.58. The second-order valence-corrected chi connectivity index (χ2v) is 6.08. The Morgan fingerprint density at radius 3 is 2.67 bits per heavy atom. The summed E-state index contributed by atoms with van der Waals surface area (Å²) in [7, 11) is 0. The zero-order valence-electron chi connectivity index (χ0n) is 11.5. The van der Waals surface area contributed by atoms with Crippen LogP contribution in [0, 0.1) is 17.8 Å². The van der Waals surface area contributed by atoms with E-state index in [1.54, 1.807) is 0 Å². The van der Waals surface area contributed by atoms with E-state index in [4.69, 9.17) is 11.5 Å². The second-order valence-electron chi connectivity index (χ2n) is 6.08. The zero-order chi connectivity index (χ0) is 13.1. The highest BCUT2D eigenvalue weighted by atomic mass is 16.2. The first-order chi connectivity index (χ1) is 8.67. The van der Waals surface area contributed by atoms with Crippen molar-refractivity contribution < 1.29 is 4.79 Å². The van der Waals surface area contributed by atoms with Crippen LogP contribution >= 0.6 is 0 Å². The molecule has 2 fully saturated rings. The molecule has 2 aliphatic rings. The van der Waals surface area contributed by atoms with Gasteiger partial charge in [-0.15, -0.1) is 0 Å². The number of nitrogens with zero attached hydrogens (tertiary/aromatic N) is 1. The highest BCUT2D eigenvalue weighted by Gasteiger charge is 2.38.